The Balaban J connectivity index is 1.77. The van der Waals surface area contributed by atoms with Gasteiger partial charge in [0.2, 0.25) is 27.5 Å². The second-order valence-corrected chi connectivity index (χ2v) is 8.16. The van der Waals surface area contributed by atoms with Crippen molar-refractivity contribution >= 4 is 15.9 Å². The molecular weight excluding hydrogens is 368 g/mol. The highest BCUT2D eigenvalue weighted by Crippen LogP contribution is 2.27. The lowest BCUT2D eigenvalue weighted by Crippen LogP contribution is -2.27. The largest absolute Gasteiger partial charge is 0.419 e. The van der Waals surface area contributed by atoms with Crippen LogP contribution in [0.4, 0.5) is 5.88 Å². The molecule has 0 aliphatic carbocycles. The maximum absolute atomic E-state index is 12.6. The van der Waals surface area contributed by atoms with Crippen LogP contribution in [0.15, 0.2) is 33.6 Å². The summed E-state index contributed by atoms with van der Waals surface area (Å²) in [6.07, 6.45) is 2.55. The first-order valence-electron chi connectivity index (χ1n) is 8.80. The van der Waals surface area contributed by atoms with Crippen molar-refractivity contribution in [2.24, 2.45) is 0 Å². The van der Waals surface area contributed by atoms with E-state index >= 15 is 0 Å². The van der Waals surface area contributed by atoms with Gasteiger partial charge in [0.25, 0.3) is 0 Å². The molecule has 0 spiro atoms. The van der Waals surface area contributed by atoms with Crippen molar-refractivity contribution in [3.63, 3.8) is 0 Å². The first-order valence-corrected chi connectivity index (χ1v) is 10.2. The highest BCUT2D eigenvalue weighted by atomic mass is 32.2. The molecule has 144 valence electrons. The van der Waals surface area contributed by atoms with E-state index in [4.69, 9.17) is 9.15 Å². The molecule has 2 heterocycles. The number of sulfonamides is 1. The molecule has 0 atom stereocenters. The van der Waals surface area contributed by atoms with Crippen molar-refractivity contribution < 1.29 is 17.6 Å². The molecule has 1 saturated heterocycles. The molecule has 0 radical (unpaired) electrons. The molecule has 1 aromatic carbocycles. The van der Waals surface area contributed by atoms with E-state index < -0.39 is 10.0 Å². The SMILES string of the molecule is COCCCNc1oc(-c2ccc(S(=O)(=O)N3CCCC3)cc2)nc1C#N. The van der Waals surface area contributed by atoms with Crippen molar-refractivity contribution in [3.05, 3.63) is 30.0 Å². The zero-order valence-electron chi connectivity index (χ0n) is 15.1. The topological polar surface area (TPSA) is 108 Å². The summed E-state index contributed by atoms with van der Waals surface area (Å²) in [5.41, 5.74) is 0.771. The average Bonchev–Trinajstić information content (AvgIpc) is 3.35. The normalized spacial score (nSPS) is 15.0. The number of hydrogen-bond donors (Lipinski definition) is 1. The van der Waals surface area contributed by atoms with Crippen LogP contribution in [0.5, 0.6) is 0 Å². The monoisotopic (exact) mass is 390 g/mol. The van der Waals surface area contributed by atoms with E-state index in [1.807, 2.05) is 6.07 Å². The number of benzene rings is 1. The predicted octanol–water partition coefficient (Wildman–Crippen LogP) is 2.45. The van der Waals surface area contributed by atoms with E-state index in [0.29, 0.717) is 37.7 Å². The van der Waals surface area contributed by atoms with E-state index in [-0.39, 0.29) is 16.5 Å². The van der Waals surface area contributed by atoms with Crippen LogP contribution in [-0.4, -0.2) is 51.1 Å². The molecule has 1 aromatic heterocycles. The van der Waals surface area contributed by atoms with Crippen molar-refractivity contribution in [2.45, 2.75) is 24.2 Å². The molecule has 27 heavy (non-hydrogen) atoms. The Labute approximate surface area is 158 Å². The Kier molecular flexibility index (Phi) is 6.11. The number of hydrogen-bond acceptors (Lipinski definition) is 7. The molecule has 1 N–H and O–H groups in total. The molecule has 1 aliphatic heterocycles. The van der Waals surface area contributed by atoms with Crippen LogP contribution in [0.3, 0.4) is 0 Å². The molecule has 0 amide bonds. The third-order valence-corrected chi connectivity index (χ3v) is 6.26. The van der Waals surface area contributed by atoms with Gasteiger partial charge in [-0.3, -0.25) is 0 Å². The van der Waals surface area contributed by atoms with Gasteiger partial charge in [0.15, 0.2) is 0 Å². The molecule has 8 nitrogen and oxygen atoms in total. The number of methoxy groups -OCH3 is 1. The number of nitrogens with zero attached hydrogens (tertiary/aromatic N) is 3. The molecule has 1 aliphatic rings. The van der Waals surface area contributed by atoms with Gasteiger partial charge in [-0.1, -0.05) is 0 Å². The van der Waals surface area contributed by atoms with E-state index in [1.54, 1.807) is 31.4 Å². The number of aromatic nitrogens is 1. The van der Waals surface area contributed by atoms with Crippen LogP contribution < -0.4 is 5.32 Å². The molecular formula is C18H22N4O4S. The van der Waals surface area contributed by atoms with Crippen molar-refractivity contribution in [2.75, 3.05) is 38.7 Å². The average molecular weight is 390 g/mol. The summed E-state index contributed by atoms with van der Waals surface area (Å²) in [7, 11) is -1.83. The van der Waals surface area contributed by atoms with Crippen LogP contribution in [0.1, 0.15) is 25.0 Å². The molecule has 0 bridgehead atoms. The molecule has 2 aromatic rings. The molecule has 0 saturated carbocycles. The van der Waals surface area contributed by atoms with Gasteiger partial charge < -0.3 is 14.5 Å². The summed E-state index contributed by atoms with van der Waals surface area (Å²) < 4.78 is 37.3. The number of anilines is 1. The van der Waals surface area contributed by atoms with Crippen molar-refractivity contribution in [1.29, 1.82) is 5.26 Å². The van der Waals surface area contributed by atoms with E-state index in [2.05, 4.69) is 10.3 Å². The third kappa shape index (κ3) is 4.30. The number of ether oxygens (including phenoxy) is 1. The van der Waals surface area contributed by atoms with Gasteiger partial charge in [0, 0.05) is 38.9 Å². The predicted molar refractivity (Wildman–Crippen MR) is 99.6 cm³/mol. The molecule has 0 unspecified atom stereocenters. The summed E-state index contributed by atoms with van der Waals surface area (Å²) in [4.78, 5) is 4.43. The van der Waals surface area contributed by atoms with Gasteiger partial charge in [-0.05, 0) is 43.5 Å². The van der Waals surface area contributed by atoms with Gasteiger partial charge in [0.05, 0.1) is 4.90 Å². The van der Waals surface area contributed by atoms with Crippen LogP contribution in [0, 0.1) is 11.3 Å². The van der Waals surface area contributed by atoms with Gasteiger partial charge in [-0.15, -0.1) is 0 Å². The number of nitriles is 1. The van der Waals surface area contributed by atoms with Crippen LogP contribution >= 0.6 is 0 Å². The number of rotatable bonds is 8. The minimum atomic E-state index is -3.46. The van der Waals surface area contributed by atoms with Gasteiger partial charge in [-0.25, -0.2) is 8.42 Å². The Morgan fingerprint density at radius 2 is 2.00 bits per heavy atom. The number of oxazole rings is 1. The summed E-state index contributed by atoms with van der Waals surface area (Å²) in [6.45, 7) is 2.31. The zero-order valence-corrected chi connectivity index (χ0v) is 16.0. The van der Waals surface area contributed by atoms with Gasteiger partial charge in [0.1, 0.15) is 6.07 Å². The minimum Gasteiger partial charge on any atom is -0.419 e. The fraction of sp³-hybridized carbons (Fsp3) is 0.444. The Morgan fingerprint density at radius 3 is 2.63 bits per heavy atom. The molecule has 3 rings (SSSR count). The second kappa shape index (κ2) is 8.52. The minimum absolute atomic E-state index is 0.163. The molecule has 9 heteroatoms. The van der Waals surface area contributed by atoms with Gasteiger partial charge >= 0.3 is 0 Å². The number of nitrogens with one attached hydrogen (secondary N) is 1. The van der Waals surface area contributed by atoms with E-state index in [9.17, 15) is 13.7 Å². The third-order valence-electron chi connectivity index (χ3n) is 4.35. The van der Waals surface area contributed by atoms with Crippen LogP contribution in [0.25, 0.3) is 11.5 Å². The van der Waals surface area contributed by atoms with Crippen molar-refractivity contribution in [1.82, 2.24) is 9.29 Å². The zero-order chi connectivity index (χ0) is 19.3. The highest BCUT2D eigenvalue weighted by molar-refractivity contribution is 7.89. The standard InChI is InChI=1S/C18H22N4O4S/c1-25-12-4-9-20-18-16(13-19)21-17(26-18)14-5-7-15(8-6-14)27(23,24)22-10-2-3-11-22/h5-8,20H,2-4,9-12H2,1H3. The molecule has 1 fully saturated rings. The van der Waals surface area contributed by atoms with Gasteiger partial charge in [-0.2, -0.15) is 14.6 Å². The smallest absolute Gasteiger partial charge is 0.243 e. The Morgan fingerprint density at radius 1 is 1.30 bits per heavy atom. The highest BCUT2D eigenvalue weighted by Gasteiger charge is 2.27. The summed E-state index contributed by atoms with van der Waals surface area (Å²) in [6, 6.07) is 8.38. The fourth-order valence-electron chi connectivity index (χ4n) is 2.90. The Bertz CT molecular complexity index is 910. The maximum atomic E-state index is 12.6. The second-order valence-electron chi connectivity index (χ2n) is 6.22. The first-order chi connectivity index (χ1) is 13.1. The summed E-state index contributed by atoms with van der Waals surface area (Å²) in [5, 5.41) is 12.3. The lowest BCUT2D eigenvalue weighted by Gasteiger charge is -2.15. The maximum Gasteiger partial charge on any atom is 0.243 e. The lowest BCUT2D eigenvalue weighted by atomic mass is 10.2. The Hall–Kier alpha value is -2.41. The van der Waals surface area contributed by atoms with Crippen LogP contribution in [0.2, 0.25) is 0 Å². The summed E-state index contributed by atoms with van der Waals surface area (Å²) >= 11 is 0. The fourth-order valence-corrected chi connectivity index (χ4v) is 4.42. The quantitative estimate of drug-likeness (QED) is 0.690. The van der Waals surface area contributed by atoms with E-state index in [0.717, 1.165) is 19.3 Å². The van der Waals surface area contributed by atoms with E-state index in [1.165, 1.54) is 4.31 Å². The van der Waals surface area contributed by atoms with Crippen LogP contribution in [-0.2, 0) is 14.8 Å². The lowest BCUT2D eigenvalue weighted by molar-refractivity contribution is 0.197. The summed E-state index contributed by atoms with van der Waals surface area (Å²) in [5.74, 6) is 0.572. The van der Waals surface area contributed by atoms with Crippen molar-refractivity contribution in [3.8, 4) is 17.5 Å². The first kappa shape index (κ1) is 19.4.